The Balaban J connectivity index is 1.97. The lowest BCUT2D eigenvalue weighted by molar-refractivity contribution is 0.554. The van der Waals surface area contributed by atoms with Crippen LogP contribution in [0.1, 0.15) is 35.8 Å². The van der Waals surface area contributed by atoms with E-state index in [4.69, 9.17) is 16.0 Å². The molecule has 2 unspecified atom stereocenters. The fourth-order valence-electron chi connectivity index (χ4n) is 2.68. The van der Waals surface area contributed by atoms with Crippen molar-refractivity contribution < 1.29 is 4.42 Å². The van der Waals surface area contributed by atoms with Gasteiger partial charge in [0.05, 0.1) is 10.9 Å². The van der Waals surface area contributed by atoms with Crippen molar-refractivity contribution in [1.82, 2.24) is 4.98 Å². The summed E-state index contributed by atoms with van der Waals surface area (Å²) in [5.41, 5.74) is 3.42. The summed E-state index contributed by atoms with van der Waals surface area (Å²) in [6, 6.07) is 15.9. The molecule has 2 aromatic carbocycles. The minimum absolute atomic E-state index is 0.165. The highest BCUT2D eigenvalue weighted by atomic mass is 35.5. The van der Waals surface area contributed by atoms with Crippen LogP contribution in [0, 0.1) is 0 Å². The zero-order valence-corrected chi connectivity index (χ0v) is 12.4. The third kappa shape index (κ3) is 2.74. The number of aromatic nitrogens is 1. The molecule has 0 fully saturated rings. The Kier molecular flexibility index (Phi) is 3.84. The molecule has 21 heavy (non-hydrogen) atoms. The predicted octanol–water partition coefficient (Wildman–Crippen LogP) is 4.59. The molecule has 1 heterocycles. The molecule has 0 aliphatic heterocycles. The lowest BCUT2D eigenvalue weighted by Gasteiger charge is -2.21. The van der Waals surface area contributed by atoms with Gasteiger partial charge in [0.25, 0.3) is 0 Å². The van der Waals surface area contributed by atoms with E-state index in [0.29, 0.717) is 11.1 Å². The second-order valence-corrected chi connectivity index (χ2v) is 5.57. The van der Waals surface area contributed by atoms with Crippen LogP contribution in [-0.4, -0.2) is 4.98 Å². The Hall–Kier alpha value is -2.00. The number of fused-ring (bicyclic) bond motifs is 1. The number of H-pyrrole nitrogens is 1. The summed E-state index contributed by atoms with van der Waals surface area (Å²) in [6.45, 7) is 2.13. The lowest BCUT2D eigenvalue weighted by Crippen LogP contribution is -2.05. The first-order valence-corrected chi connectivity index (χ1v) is 7.44. The van der Waals surface area contributed by atoms with E-state index >= 15 is 0 Å². The van der Waals surface area contributed by atoms with Gasteiger partial charge in [0, 0.05) is 5.92 Å². The zero-order chi connectivity index (χ0) is 14.8. The largest absolute Gasteiger partial charge is 0.417 e. The molecule has 0 saturated heterocycles. The lowest BCUT2D eigenvalue weighted by atomic mass is 9.89. The molecule has 4 heteroatoms. The summed E-state index contributed by atoms with van der Waals surface area (Å²) in [7, 11) is 0. The minimum Gasteiger partial charge on any atom is -0.408 e. The molecule has 3 nitrogen and oxygen atoms in total. The Bertz CT molecular complexity index is 791. The molecule has 0 aliphatic carbocycles. The number of alkyl halides is 1. The van der Waals surface area contributed by atoms with Crippen molar-refractivity contribution in [2.75, 3.05) is 0 Å². The number of hydrogen-bond donors (Lipinski definition) is 1. The molecule has 0 spiro atoms. The normalized spacial score (nSPS) is 14.2. The van der Waals surface area contributed by atoms with Gasteiger partial charge in [-0.15, -0.1) is 11.6 Å². The topological polar surface area (TPSA) is 46.0 Å². The summed E-state index contributed by atoms with van der Waals surface area (Å²) in [5.74, 6) is -0.223. The van der Waals surface area contributed by atoms with Gasteiger partial charge in [0.2, 0.25) is 0 Å². The SMILES string of the molecule is CCC(c1ccccc1)C(Cl)c1ccc2[nH]c(=O)oc2c1. The van der Waals surface area contributed by atoms with Gasteiger partial charge in [-0.05, 0) is 29.7 Å². The zero-order valence-electron chi connectivity index (χ0n) is 11.7. The Labute approximate surface area is 127 Å². The average molecular weight is 302 g/mol. The van der Waals surface area contributed by atoms with Crippen LogP contribution in [0.2, 0.25) is 0 Å². The standard InChI is InChI=1S/C17H16ClNO2/c1-2-13(11-6-4-3-5-7-11)16(18)12-8-9-14-15(10-12)21-17(20)19-14/h3-10,13,16H,2H2,1H3,(H,19,20). The molecule has 3 aromatic rings. The predicted molar refractivity (Wildman–Crippen MR) is 84.9 cm³/mol. The quantitative estimate of drug-likeness (QED) is 0.716. The molecule has 0 bridgehead atoms. The van der Waals surface area contributed by atoms with Crippen LogP contribution in [0.15, 0.2) is 57.7 Å². The van der Waals surface area contributed by atoms with E-state index in [9.17, 15) is 4.79 Å². The molecule has 3 rings (SSSR count). The number of rotatable bonds is 4. The molecule has 0 saturated carbocycles. The van der Waals surface area contributed by atoms with Crippen LogP contribution >= 0.6 is 11.6 Å². The first-order chi connectivity index (χ1) is 10.2. The van der Waals surface area contributed by atoms with Crippen molar-refractivity contribution in [2.24, 2.45) is 0 Å². The number of hydrogen-bond acceptors (Lipinski definition) is 2. The van der Waals surface area contributed by atoms with Gasteiger partial charge in [-0.2, -0.15) is 0 Å². The molecular formula is C17H16ClNO2. The molecule has 0 radical (unpaired) electrons. The first-order valence-electron chi connectivity index (χ1n) is 7.01. The fraction of sp³-hybridized carbons (Fsp3) is 0.235. The van der Waals surface area contributed by atoms with Gasteiger partial charge in [0.15, 0.2) is 5.58 Å². The number of oxazole rings is 1. The highest BCUT2D eigenvalue weighted by molar-refractivity contribution is 6.21. The van der Waals surface area contributed by atoms with Crippen LogP contribution in [0.4, 0.5) is 0 Å². The summed E-state index contributed by atoms with van der Waals surface area (Å²) in [4.78, 5) is 13.9. The maximum atomic E-state index is 11.2. The van der Waals surface area contributed by atoms with Crippen molar-refractivity contribution in [1.29, 1.82) is 0 Å². The van der Waals surface area contributed by atoms with Crippen LogP contribution in [0.5, 0.6) is 0 Å². The van der Waals surface area contributed by atoms with E-state index in [0.717, 1.165) is 12.0 Å². The van der Waals surface area contributed by atoms with Crippen LogP contribution in [-0.2, 0) is 0 Å². The fourth-order valence-corrected chi connectivity index (χ4v) is 3.14. The number of halogens is 1. The summed E-state index contributed by atoms with van der Waals surface area (Å²) >= 11 is 6.68. The Morgan fingerprint density at radius 2 is 1.90 bits per heavy atom. The van der Waals surface area contributed by atoms with Crippen molar-refractivity contribution in [3.63, 3.8) is 0 Å². The van der Waals surface area contributed by atoms with E-state index in [1.165, 1.54) is 5.56 Å². The van der Waals surface area contributed by atoms with Crippen molar-refractivity contribution in [3.05, 3.63) is 70.2 Å². The van der Waals surface area contributed by atoms with E-state index < -0.39 is 5.76 Å². The van der Waals surface area contributed by atoms with E-state index in [1.54, 1.807) is 0 Å². The van der Waals surface area contributed by atoms with Gasteiger partial charge >= 0.3 is 5.76 Å². The molecule has 1 N–H and O–H groups in total. The van der Waals surface area contributed by atoms with Gasteiger partial charge < -0.3 is 4.42 Å². The summed E-state index contributed by atoms with van der Waals surface area (Å²) < 4.78 is 5.11. The monoisotopic (exact) mass is 301 g/mol. The maximum Gasteiger partial charge on any atom is 0.417 e. The smallest absolute Gasteiger partial charge is 0.408 e. The number of benzene rings is 2. The highest BCUT2D eigenvalue weighted by Crippen LogP contribution is 2.39. The molecule has 0 amide bonds. The Morgan fingerprint density at radius 3 is 2.62 bits per heavy atom. The second-order valence-electron chi connectivity index (χ2n) is 5.10. The molecule has 1 aromatic heterocycles. The third-order valence-electron chi connectivity index (χ3n) is 3.78. The summed E-state index contributed by atoms with van der Waals surface area (Å²) in [5, 5.41) is -0.165. The van der Waals surface area contributed by atoms with Gasteiger partial charge in [-0.3, -0.25) is 4.98 Å². The maximum absolute atomic E-state index is 11.2. The Morgan fingerprint density at radius 1 is 1.14 bits per heavy atom. The van der Waals surface area contributed by atoms with E-state index in [-0.39, 0.29) is 11.3 Å². The number of nitrogens with one attached hydrogen (secondary N) is 1. The molecule has 108 valence electrons. The second kappa shape index (κ2) is 5.78. The van der Waals surface area contributed by atoms with Gasteiger partial charge in [-0.1, -0.05) is 43.3 Å². The van der Waals surface area contributed by atoms with Crippen LogP contribution in [0.25, 0.3) is 11.1 Å². The van der Waals surface area contributed by atoms with Crippen LogP contribution in [0.3, 0.4) is 0 Å². The van der Waals surface area contributed by atoms with E-state index in [2.05, 4.69) is 24.0 Å². The average Bonchev–Trinajstić information content (AvgIpc) is 2.88. The molecule has 0 aliphatic rings. The van der Waals surface area contributed by atoms with E-state index in [1.807, 2.05) is 36.4 Å². The van der Waals surface area contributed by atoms with Gasteiger partial charge in [0.1, 0.15) is 0 Å². The minimum atomic E-state index is -0.441. The molecular weight excluding hydrogens is 286 g/mol. The van der Waals surface area contributed by atoms with Crippen molar-refractivity contribution >= 4 is 22.7 Å². The number of aromatic amines is 1. The third-order valence-corrected chi connectivity index (χ3v) is 4.34. The molecule has 2 atom stereocenters. The van der Waals surface area contributed by atoms with Crippen molar-refractivity contribution in [3.8, 4) is 0 Å². The van der Waals surface area contributed by atoms with Gasteiger partial charge in [-0.25, -0.2) is 4.79 Å². The summed E-state index contributed by atoms with van der Waals surface area (Å²) in [6.07, 6.45) is 0.938. The van der Waals surface area contributed by atoms with Crippen LogP contribution < -0.4 is 5.76 Å². The van der Waals surface area contributed by atoms with Crippen molar-refractivity contribution in [2.45, 2.75) is 24.6 Å². The first kappa shape index (κ1) is 14.0. The highest BCUT2D eigenvalue weighted by Gasteiger charge is 2.21.